The van der Waals surface area contributed by atoms with Crippen molar-refractivity contribution in [1.29, 1.82) is 0 Å². The molecule has 0 bridgehead atoms. The number of nitrogens with zero attached hydrogens (tertiary/aromatic N) is 2. The Balaban J connectivity index is 1.45. The van der Waals surface area contributed by atoms with Crippen molar-refractivity contribution in [1.82, 2.24) is 15.4 Å². The van der Waals surface area contributed by atoms with E-state index in [0.717, 1.165) is 12.8 Å². The van der Waals surface area contributed by atoms with Crippen LogP contribution in [-0.4, -0.2) is 35.0 Å². The number of aryl methyl sites for hydroxylation is 1. The van der Waals surface area contributed by atoms with Gasteiger partial charge in [0.05, 0.1) is 12.5 Å². The third-order valence-electron chi connectivity index (χ3n) is 4.54. The lowest BCUT2D eigenvalue weighted by molar-refractivity contribution is -0.138. The van der Waals surface area contributed by atoms with Crippen molar-refractivity contribution >= 4 is 11.8 Å². The molecule has 1 unspecified atom stereocenters. The molecule has 0 spiro atoms. The number of hydrogen-bond donors (Lipinski definition) is 1. The van der Waals surface area contributed by atoms with Gasteiger partial charge in [0.15, 0.2) is 0 Å². The molecule has 2 heterocycles. The third kappa shape index (κ3) is 4.92. The largest absolute Gasteiger partial charge is 0.364 e. The van der Waals surface area contributed by atoms with Gasteiger partial charge < -0.3 is 14.7 Å². The van der Waals surface area contributed by atoms with E-state index in [1.807, 2.05) is 23.1 Å². The first kappa shape index (κ1) is 17.2. The van der Waals surface area contributed by atoms with Crippen LogP contribution in [0.3, 0.4) is 0 Å². The van der Waals surface area contributed by atoms with Gasteiger partial charge in [0.25, 0.3) is 0 Å². The number of carbonyl (C=O) groups excluding carboxylic acids is 2. The zero-order valence-corrected chi connectivity index (χ0v) is 14.2. The van der Waals surface area contributed by atoms with Gasteiger partial charge >= 0.3 is 0 Å². The van der Waals surface area contributed by atoms with Crippen LogP contribution in [-0.2, 0) is 22.6 Å². The lowest BCUT2D eigenvalue weighted by Gasteiger charge is -2.32. The first-order valence-electron chi connectivity index (χ1n) is 8.71. The molecule has 25 heavy (non-hydrogen) atoms. The van der Waals surface area contributed by atoms with Gasteiger partial charge in [-0.2, -0.15) is 0 Å². The van der Waals surface area contributed by atoms with Gasteiger partial charge in [0.1, 0.15) is 12.0 Å². The molecule has 3 rings (SSSR count). The van der Waals surface area contributed by atoms with Crippen LogP contribution in [0.5, 0.6) is 0 Å². The van der Waals surface area contributed by atoms with Gasteiger partial charge in [0, 0.05) is 25.6 Å². The molecule has 1 saturated heterocycles. The summed E-state index contributed by atoms with van der Waals surface area (Å²) in [6, 6.07) is 12.0. The fourth-order valence-electron chi connectivity index (χ4n) is 3.11. The fraction of sp³-hybridized carbons (Fsp3) is 0.421. The van der Waals surface area contributed by atoms with Gasteiger partial charge in [0.2, 0.25) is 11.8 Å². The number of piperidine rings is 1. The first-order valence-corrected chi connectivity index (χ1v) is 8.71. The highest BCUT2D eigenvalue weighted by Crippen LogP contribution is 2.18. The van der Waals surface area contributed by atoms with Crippen LogP contribution < -0.4 is 5.32 Å². The predicted octanol–water partition coefficient (Wildman–Crippen LogP) is 2.16. The van der Waals surface area contributed by atoms with Crippen molar-refractivity contribution in [2.24, 2.45) is 5.92 Å². The molecule has 1 aromatic heterocycles. The van der Waals surface area contributed by atoms with Crippen molar-refractivity contribution in [3.8, 4) is 0 Å². The maximum atomic E-state index is 12.3. The SMILES string of the molecule is O=C(NCc1ccon1)C1CCC(=O)N(CCCc2ccccc2)C1. The molecule has 1 atom stereocenters. The first-order chi connectivity index (χ1) is 12.2. The highest BCUT2D eigenvalue weighted by molar-refractivity contribution is 5.83. The van der Waals surface area contributed by atoms with Gasteiger partial charge in [-0.1, -0.05) is 35.5 Å². The van der Waals surface area contributed by atoms with Crippen molar-refractivity contribution in [2.45, 2.75) is 32.2 Å². The summed E-state index contributed by atoms with van der Waals surface area (Å²) in [6.07, 6.45) is 4.37. The molecule has 0 radical (unpaired) electrons. The molecule has 1 N–H and O–H groups in total. The lowest BCUT2D eigenvalue weighted by atomic mass is 9.96. The van der Waals surface area contributed by atoms with Crippen LogP contribution in [0.25, 0.3) is 0 Å². The minimum Gasteiger partial charge on any atom is -0.364 e. The van der Waals surface area contributed by atoms with Crippen molar-refractivity contribution in [2.75, 3.05) is 13.1 Å². The molecule has 2 aromatic rings. The van der Waals surface area contributed by atoms with Crippen LogP contribution in [0.15, 0.2) is 47.2 Å². The van der Waals surface area contributed by atoms with E-state index in [9.17, 15) is 9.59 Å². The molecule has 2 amide bonds. The van der Waals surface area contributed by atoms with Crippen LogP contribution >= 0.6 is 0 Å². The van der Waals surface area contributed by atoms with Crippen molar-refractivity contribution in [3.05, 3.63) is 53.9 Å². The standard InChI is InChI=1S/C19H23N3O3/c23-18-9-8-16(19(24)20-13-17-10-12-25-21-17)14-22(18)11-4-7-15-5-2-1-3-6-15/h1-3,5-6,10,12,16H,4,7-9,11,13-14H2,(H,20,24). The average molecular weight is 341 g/mol. The number of rotatable bonds is 7. The number of carbonyl (C=O) groups is 2. The van der Waals surface area contributed by atoms with Gasteiger partial charge in [-0.15, -0.1) is 0 Å². The predicted molar refractivity (Wildman–Crippen MR) is 92.4 cm³/mol. The van der Waals surface area contributed by atoms with Crippen LogP contribution in [0.1, 0.15) is 30.5 Å². The van der Waals surface area contributed by atoms with Crippen LogP contribution in [0.4, 0.5) is 0 Å². The Bertz CT molecular complexity index is 685. The van der Waals surface area contributed by atoms with E-state index < -0.39 is 0 Å². The Morgan fingerprint density at radius 1 is 1.28 bits per heavy atom. The second-order valence-electron chi connectivity index (χ2n) is 6.37. The molecule has 0 saturated carbocycles. The quantitative estimate of drug-likeness (QED) is 0.837. The van der Waals surface area contributed by atoms with Crippen molar-refractivity contribution in [3.63, 3.8) is 0 Å². The molecular formula is C19H23N3O3. The second kappa shape index (κ2) is 8.46. The van der Waals surface area contributed by atoms with E-state index in [1.165, 1.54) is 11.8 Å². The Kier molecular flexibility index (Phi) is 5.82. The normalized spacial score (nSPS) is 17.5. The van der Waals surface area contributed by atoms with Gasteiger partial charge in [-0.25, -0.2) is 0 Å². The summed E-state index contributed by atoms with van der Waals surface area (Å²) < 4.78 is 4.75. The number of hydrogen-bond acceptors (Lipinski definition) is 4. The van der Waals surface area contributed by atoms with Crippen LogP contribution in [0, 0.1) is 5.92 Å². The summed E-state index contributed by atoms with van der Waals surface area (Å²) >= 11 is 0. The number of likely N-dealkylation sites (tertiary alicyclic amines) is 1. The summed E-state index contributed by atoms with van der Waals surface area (Å²) in [6.45, 7) is 1.55. The molecule has 0 aliphatic carbocycles. The molecule has 6 nitrogen and oxygen atoms in total. The van der Waals surface area contributed by atoms with E-state index in [2.05, 4.69) is 22.6 Å². The topological polar surface area (TPSA) is 75.4 Å². The maximum absolute atomic E-state index is 12.3. The highest BCUT2D eigenvalue weighted by Gasteiger charge is 2.29. The van der Waals surface area contributed by atoms with Gasteiger partial charge in [-0.05, 0) is 24.8 Å². The van der Waals surface area contributed by atoms with Crippen LogP contribution in [0.2, 0.25) is 0 Å². The summed E-state index contributed by atoms with van der Waals surface area (Å²) in [5.41, 5.74) is 1.97. The Hall–Kier alpha value is -2.63. The number of benzene rings is 1. The Morgan fingerprint density at radius 2 is 2.12 bits per heavy atom. The fourth-order valence-corrected chi connectivity index (χ4v) is 3.11. The van der Waals surface area contributed by atoms with E-state index in [4.69, 9.17) is 4.52 Å². The molecule has 132 valence electrons. The third-order valence-corrected chi connectivity index (χ3v) is 4.54. The number of amides is 2. The Morgan fingerprint density at radius 3 is 2.88 bits per heavy atom. The summed E-state index contributed by atoms with van der Waals surface area (Å²) in [5.74, 6) is -0.0292. The second-order valence-corrected chi connectivity index (χ2v) is 6.37. The zero-order chi connectivity index (χ0) is 17.5. The maximum Gasteiger partial charge on any atom is 0.225 e. The smallest absolute Gasteiger partial charge is 0.225 e. The summed E-state index contributed by atoms with van der Waals surface area (Å²) in [7, 11) is 0. The minimum atomic E-state index is -0.152. The molecule has 1 aromatic carbocycles. The summed E-state index contributed by atoms with van der Waals surface area (Å²) in [5, 5.41) is 6.65. The highest BCUT2D eigenvalue weighted by atomic mass is 16.5. The average Bonchev–Trinajstić information content (AvgIpc) is 3.16. The Labute approximate surface area is 147 Å². The van der Waals surface area contributed by atoms with E-state index >= 15 is 0 Å². The summed E-state index contributed by atoms with van der Waals surface area (Å²) in [4.78, 5) is 26.3. The molecule has 6 heteroatoms. The van der Waals surface area contributed by atoms with Crippen molar-refractivity contribution < 1.29 is 14.1 Å². The molecular weight excluding hydrogens is 318 g/mol. The lowest BCUT2D eigenvalue weighted by Crippen LogP contribution is -2.46. The van der Waals surface area contributed by atoms with E-state index in [1.54, 1.807) is 6.07 Å². The molecule has 1 aliphatic heterocycles. The van der Waals surface area contributed by atoms with E-state index in [0.29, 0.717) is 38.2 Å². The monoisotopic (exact) mass is 341 g/mol. The molecule has 1 fully saturated rings. The van der Waals surface area contributed by atoms with E-state index in [-0.39, 0.29) is 17.7 Å². The number of aromatic nitrogens is 1. The number of nitrogens with one attached hydrogen (secondary N) is 1. The van der Waals surface area contributed by atoms with Gasteiger partial charge in [-0.3, -0.25) is 9.59 Å². The molecule has 1 aliphatic rings. The zero-order valence-electron chi connectivity index (χ0n) is 14.2. The minimum absolute atomic E-state index is 0.0245.